The third-order valence-electron chi connectivity index (χ3n) is 2.77. The molecule has 0 spiro atoms. The van der Waals surface area contributed by atoms with Crippen LogP contribution in [0.2, 0.25) is 5.02 Å². The lowest BCUT2D eigenvalue weighted by Crippen LogP contribution is -2.11. The van der Waals surface area contributed by atoms with Crippen molar-refractivity contribution < 1.29 is 14.6 Å². The fourth-order valence-electron chi connectivity index (χ4n) is 1.89. The Morgan fingerprint density at radius 3 is 2.35 bits per heavy atom. The van der Waals surface area contributed by atoms with Crippen molar-refractivity contribution >= 4 is 17.6 Å². The highest BCUT2D eigenvalue weighted by atomic mass is 35.5. The fourth-order valence-corrected chi connectivity index (χ4v) is 2.11. The van der Waals surface area contributed by atoms with E-state index in [1.54, 1.807) is 26.2 Å². The number of methoxy groups -OCH3 is 1. The molecule has 1 N–H and O–H groups in total. The first-order valence-electron chi connectivity index (χ1n) is 5.48. The highest BCUT2D eigenvalue weighted by Gasteiger charge is 2.22. The predicted octanol–water partition coefficient (Wildman–Crippen LogP) is 3.66. The number of carboxylic acid groups (broad SMARTS) is 1. The summed E-state index contributed by atoms with van der Waals surface area (Å²) in [7, 11) is 1.56. The van der Waals surface area contributed by atoms with Crippen LogP contribution in [0.5, 0.6) is 5.75 Å². The van der Waals surface area contributed by atoms with Crippen molar-refractivity contribution in [3.63, 3.8) is 0 Å². The number of benzene rings is 1. The molecule has 1 rings (SSSR count). The predicted molar refractivity (Wildman–Crippen MR) is 68.1 cm³/mol. The summed E-state index contributed by atoms with van der Waals surface area (Å²) in [6.45, 7) is 5.66. The first-order valence-corrected chi connectivity index (χ1v) is 5.86. The van der Waals surface area contributed by atoms with Crippen molar-refractivity contribution in [3.8, 4) is 5.75 Å². The zero-order valence-corrected chi connectivity index (χ0v) is 11.2. The van der Waals surface area contributed by atoms with Crippen LogP contribution in [0.4, 0.5) is 0 Å². The van der Waals surface area contributed by atoms with Gasteiger partial charge in [0.2, 0.25) is 0 Å². The monoisotopic (exact) mass is 256 g/mol. The van der Waals surface area contributed by atoms with E-state index in [-0.39, 0.29) is 5.92 Å². The van der Waals surface area contributed by atoms with Crippen LogP contribution in [0.25, 0.3) is 0 Å². The van der Waals surface area contributed by atoms with E-state index in [2.05, 4.69) is 0 Å². The van der Waals surface area contributed by atoms with Crippen molar-refractivity contribution in [2.24, 2.45) is 0 Å². The van der Waals surface area contributed by atoms with Gasteiger partial charge in [-0.05, 0) is 30.5 Å². The Morgan fingerprint density at radius 2 is 1.94 bits per heavy atom. The fraction of sp³-hybridized carbons (Fsp3) is 0.462. The average Bonchev–Trinajstić information content (AvgIpc) is 2.25. The minimum atomic E-state index is -0.865. The molecule has 3 nitrogen and oxygen atoms in total. The maximum Gasteiger partial charge on any atom is 0.310 e. The number of hydrogen-bond donors (Lipinski definition) is 1. The van der Waals surface area contributed by atoms with Gasteiger partial charge < -0.3 is 9.84 Å². The number of rotatable bonds is 4. The normalized spacial score (nSPS) is 12.6. The SMILES string of the molecule is COc1cc(Cl)cc(C(C)C(=O)O)c1C(C)C. The molecule has 0 fully saturated rings. The average molecular weight is 257 g/mol. The van der Waals surface area contributed by atoms with Gasteiger partial charge in [0.15, 0.2) is 0 Å². The van der Waals surface area contributed by atoms with Gasteiger partial charge in [0.25, 0.3) is 0 Å². The Labute approximate surface area is 106 Å². The quantitative estimate of drug-likeness (QED) is 0.894. The van der Waals surface area contributed by atoms with Gasteiger partial charge in [-0.15, -0.1) is 0 Å². The first-order chi connectivity index (χ1) is 7.88. The largest absolute Gasteiger partial charge is 0.496 e. The van der Waals surface area contributed by atoms with Gasteiger partial charge in [-0.1, -0.05) is 25.4 Å². The summed E-state index contributed by atoms with van der Waals surface area (Å²) in [5, 5.41) is 9.61. The summed E-state index contributed by atoms with van der Waals surface area (Å²) >= 11 is 5.98. The summed E-state index contributed by atoms with van der Waals surface area (Å²) in [6.07, 6.45) is 0. The van der Waals surface area contributed by atoms with Crippen LogP contribution in [0.3, 0.4) is 0 Å². The topological polar surface area (TPSA) is 46.5 Å². The van der Waals surface area contributed by atoms with Crippen molar-refractivity contribution in [3.05, 3.63) is 28.3 Å². The molecule has 0 heterocycles. The first kappa shape index (κ1) is 13.8. The molecular weight excluding hydrogens is 240 g/mol. The van der Waals surface area contributed by atoms with Gasteiger partial charge >= 0.3 is 5.97 Å². The lowest BCUT2D eigenvalue weighted by Gasteiger charge is -2.19. The Morgan fingerprint density at radius 1 is 1.35 bits per heavy atom. The number of carbonyl (C=O) groups is 1. The minimum absolute atomic E-state index is 0.180. The molecule has 0 aliphatic carbocycles. The van der Waals surface area contributed by atoms with Gasteiger partial charge in [-0.2, -0.15) is 0 Å². The molecule has 0 amide bonds. The Bertz CT molecular complexity index is 427. The smallest absolute Gasteiger partial charge is 0.310 e. The lowest BCUT2D eigenvalue weighted by molar-refractivity contribution is -0.138. The number of aliphatic carboxylic acids is 1. The van der Waals surface area contributed by atoms with E-state index in [4.69, 9.17) is 21.4 Å². The Balaban J connectivity index is 3.45. The van der Waals surface area contributed by atoms with Crippen LogP contribution in [-0.4, -0.2) is 18.2 Å². The van der Waals surface area contributed by atoms with Gasteiger partial charge in [0.05, 0.1) is 13.0 Å². The van der Waals surface area contributed by atoms with Crippen LogP contribution < -0.4 is 4.74 Å². The van der Waals surface area contributed by atoms with E-state index < -0.39 is 11.9 Å². The van der Waals surface area contributed by atoms with Crippen molar-refractivity contribution in [1.29, 1.82) is 0 Å². The van der Waals surface area contributed by atoms with E-state index in [1.807, 2.05) is 13.8 Å². The lowest BCUT2D eigenvalue weighted by atomic mass is 9.89. The molecule has 0 saturated heterocycles. The molecule has 0 bridgehead atoms. The summed E-state index contributed by atoms with van der Waals surface area (Å²) < 4.78 is 5.28. The molecule has 0 radical (unpaired) electrons. The molecule has 1 aromatic carbocycles. The van der Waals surface area contributed by atoms with E-state index in [1.165, 1.54) is 0 Å². The van der Waals surface area contributed by atoms with Crippen molar-refractivity contribution in [2.75, 3.05) is 7.11 Å². The Hall–Kier alpha value is -1.22. The summed E-state index contributed by atoms with van der Waals surface area (Å²) in [6, 6.07) is 3.42. The second kappa shape index (κ2) is 5.41. The van der Waals surface area contributed by atoms with Crippen LogP contribution in [0.1, 0.15) is 43.7 Å². The summed E-state index contributed by atoms with van der Waals surface area (Å²) in [5.74, 6) is -0.633. The standard InChI is InChI=1S/C13H17ClO3/c1-7(2)12-10(8(3)13(15)16)5-9(14)6-11(12)17-4/h5-8H,1-4H3,(H,15,16). The highest BCUT2D eigenvalue weighted by molar-refractivity contribution is 6.30. The van der Waals surface area contributed by atoms with Gasteiger partial charge in [0.1, 0.15) is 5.75 Å². The van der Waals surface area contributed by atoms with Gasteiger partial charge in [0, 0.05) is 10.6 Å². The number of hydrogen-bond acceptors (Lipinski definition) is 2. The molecule has 17 heavy (non-hydrogen) atoms. The third-order valence-corrected chi connectivity index (χ3v) is 2.99. The van der Waals surface area contributed by atoms with Crippen LogP contribution >= 0.6 is 11.6 Å². The molecule has 1 unspecified atom stereocenters. The van der Waals surface area contributed by atoms with E-state index in [9.17, 15) is 4.79 Å². The van der Waals surface area contributed by atoms with E-state index in [0.29, 0.717) is 10.8 Å². The molecule has 1 aromatic rings. The van der Waals surface area contributed by atoms with Gasteiger partial charge in [-0.25, -0.2) is 0 Å². The third kappa shape index (κ3) is 2.91. The van der Waals surface area contributed by atoms with Crippen LogP contribution in [0, 0.1) is 0 Å². The molecule has 0 saturated carbocycles. The van der Waals surface area contributed by atoms with Crippen LogP contribution in [-0.2, 0) is 4.79 Å². The maximum atomic E-state index is 11.1. The van der Waals surface area contributed by atoms with E-state index >= 15 is 0 Å². The van der Waals surface area contributed by atoms with E-state index in [0.717, 1.165) is 11.1 Å². The zero-order valence-electron chi connectivity index (χ0n) is 10.5. The maximum absolute atomic E-state index is 11.1. The summed E-state index contributed by atoms with van der Waals surface area (Å²) in [4.78, 5) is 11.1. The number of carboxylic acids is 1. The molecule has 1 atom stereocenters. The van der Waals surface area contributed by atoms with Crippen molar-refractivity contribution in [1.82, 2.24) is 0 Å². The number of ether oxygens (including phenoxy) is 1. The molecule has 4 heteroatoms. The van der Waals surface area contributed by atoms with Gasteiger partial charge in [-0.3, -0.25) is 4.79 Å². The molecule has 0 aromatic heterocycles. The molecular formula is C13H17ClO3. The number of halogens is 1. The molecule has 94 valence electrons. The highest BCUT2D eigenvalue weighted by Crippen LogP contribution is 2.36. The van der Waals surface area contributed by atoms with Crippen molar-refractivity contribution in [2.45, 2.75) is 32.6 Å². The molecule has 0 aliphatic heterocycles. The summed E-state index contributed by atoms with van der Waals surface area (Å²) in [5.41, 5.74) is 1.63. The minimum Gasteiger partial charge on any atom is -0.496 e. The second-order valence-electron chi connectivity index (χ2n) is 4.33. The van der Waals surface area contributed by atoms with Crippen LogP contribution in [0.15, 0.2) is 12.1 Å². The second-order valence-corrected chi connectivity index (χ2v) is 4.76. The zero-order chi connectivity index (χ0) is 13.2. The Kier molecular flexibility index (Phi) is 4.40. The molecule has 0 aliphatic rings.